The molecule has 11 heavy (non-hydrogen) atoms. The predicted molar refractivity (Wildman–Crippen MR) is 43.7 cm³/mol. The van der Waals surface area contributed by atoms with E-state index in [2.05, 4.69) is 10.1 Å². The second-order valence-corrected chi connectivity index (χ2v) is 3.10. The second kappa shape index (κ2) is 3.09. The Hall–Kier alpha value is -0.770. The Morgan fingerprint density at radius 3 is 2.64 bits per heavy atom. The molecule has 0 aromatic carbocycles. The Morgan fingerprint density at radius 1 is 1.73 bits per heavy atom. The normalized spacial score (nSPS) is 22.3. The fraction of sp³-hybridized carbons (Fsp3) is 0.857. The van der Waals surface area contributed by atoms with Crippen LogP contribution in [-0.2, 0) is 0 Å². The molecule has 0 spiro atoms. The fourth-order valence-corrected chi connectivity index (χ4v) is 1.09. The third-order valence-corrected chi connectivity index (χ3v) is 2.28. The minimum Gasteiger partial charge on any atom is -0.409 e. The van der Waals surface area contributed by atoms with Crippen LogP contribution in [0.15, 0.2) is 5.16 Å². The van der Waals surface area contributed by atoms with Crippen LogP contribution < -0.4 is 5.73 Å². The van der Waals surface area contributed by atoms with Crippen LogP contribution in [0.4, 0.5) is 0 Å². The van der Waals surface area contributed by atoms with Gasteiger partial charge in [0.2, 0.25) is 0 Å². The summed E-state index contributed by atoms with van der Waals surface area (Å²) in [5.41, 5.74) is 5.44. The summed E-state index contributed by atoms with van der Waals surface area (Å²) in [5.74, 6) is 0.291. The zero-order chi connectivity index (χ0) is 8.43. The van der Waals surface area contributed by atoms with Crippen LogP contribution in [0.25, 0.3) is 0 Å². The van der Waals surface area contributed by atoms with Crippen LogP contribution >= 0.6 is 0 Å². The smallest absolute Gasteiger partial charge is 0.156 e. The lowest BCUT2D eigenvalue weighted by Crippen LogP contribution is -2.41. The molecule has 0 aliphatic heterocycles. The maximum atomic E-state index is 8.39. The molecular weight excluding hydrogens is 142 g/mol. The lowest BCUT2D eigenvalue weighted by atomic mass is 10.3. The van der Waals surface area contributed by atoms with E-state index in [1.54, 1.807) is 0 Å². The maximum absolute atomic E-state index is 8.39. The zero-order valence-electron chi connectivity index (χ0n) is 6.99. The molecule has 1 aliphatic rings. The van der Waals surface area contributed by atoms with Crippen LogP contribution in [0.1, 0.15) is 19.8 Å². The molecule has 1 saturated carbocycles. The highest BCUT2D eigenvalue weighted by atomic mass is 16.4. The number of rotatable bonds is 3. The summed E-state index contributed by atoms with van der Waals surface area (Å²) in [5, 5.41) is 11.4. The van der Waals surface area contributed by atoms with E-state index in [-0.39, 0.29) is 6.04 Å². The molecule has 0 saturated heterocycles. The van der Waals surface area contributed by atoms with Crippen LogP contribution in [-0.4, -0.2) is 35.1 Å². The Labute approximate surface area is 66.7 Å². The van der Waals surface area contributed by atoms with Gasteiger partial charge in [0.25, 0.3) is 0 Å². The lowest BCUT2D eigenvalue weighted by Gasteiger charge is -2.22. The molecule has 64 valence electrons. The third kappa shape index (κ3) is 1.83. The molecule has 1 rings (SSSR count). The van der Waals surface area contributed by atoms with Gasteiger partial charge in [-0.15, -0.1) is 0 Å². The van der Waals surface area contributed by atoms with E-state index in [0.717, 1.165) is 0 Å². The first-order valence-corrected chi connectivity index (χ1v) is 3.86. The zero-order valence-corrected chi connectivity index (χ0v) is 6.99. The van der Waals surface area contributed by atoms with Crippen molar-refractivity contribution < 1.29 is 5.21 Å². The monoisotopic (exact) mass is 157 g/mol. The quantitative estimate of drug-likeness (QED) is 0.266. The Balaban J connectivity index is 2.44. The summed E-state index contributed by atoms with van der Waals surface area (Å²) in [7, 11) is 2.00. The highest BCUT2D eigenvalue weighted by molar-refractivity contribution is 5.84. The van der Waals surface area contributed by atoms with E-state index in [9.17, 15) is 0 Å². The maximum Gasteiger partial charge on any atom is 0.156 e. The summed E-state index contributed by atoms with van der Waals surface area (Å²) < 4.78 is 0. The van der Waals surface area contributed by atoms with Crippen molar-refractivity contribution in [3.8, 4) is 0 Å². The van der Waals surface area contributed by atoms with Crippen LogP contribution in [0, 0.1) is 0 Å². The topological polar surface area (TPSA) is 61.9 Å². The van der Waals surface area contributed by atoms with Crippen molar-refractivity contribution in [3.63, 3.8) is 0 Å². The van der Waals surface area contributed by atoms with Gasteiger partial charge in [-0.1, -0.05) is 5.16 Å². The molecule has 1 aliphatic carbocycles. The van der Waals surface area contributed by atoms with Crippen molar-refractivity contribution in [2.24, 2.45) is 10.9 Å². The molecular formula is C7H15N3O. The van der Waals surface area contributed by atoms with Gasteiger partial charge >= 0.3 is 0 Å². The van der Waals surface area contributed by atoms with E-state index >= 15 is 0 Å². The van der Waals surface area contributed by atoms with E-state index in [1.165, 1.54) is 12.8 Å². The largest absolute Gasteiger partial charge is 0.409 e. The molecule has 0 bridgehead atoms. The number of nitrogens with zero attached hydrogens (tertiary/aromatic N) is 2. The number of amidine groups is 1. The Morgan fingerprint density at radius 2 is 2.27 bits per heavy atom. The Bertz CT molecular complexity index is 165. The molecule has 0 aromatic rings. The molecule has 4 heteroatoms. The van der Waals surface area contributed by atoms with Crippen molar-refractivity contribution in [3.05, 3.63) is 0 Å². The number of likely N-dealkylation sites (N-methyl/N-ethyl adjacent to an activating group) is 1. The summed E-state index contributed by atoms with van der Waals surface area (Å²) in [6.07, 6.45) is 2.47. The van der Waals surface area contributed by atoms with Crippen LogP contribution in [0.2, 0.25) is 0 Å². The molecule has 0 heterocycles. The van der Waals surface area contributed by atoms with Gasteiger partial charge in [-0.25, -0.2) is 0 Å². The highest BCUT2D eigenvalue weighted by Crippen LogP contribution is 2.26. The molecule has 1 unspecified atom stereocenters. The first kappa shape index (κ1) is 8.33. The third-order valence-electron chi connectivity index (χ3n) is 2.28. The molecule has 1 atom stereocenters. The van der Waals surface area contributed by atoms with E-state index in [0.29, 0.717) is 11.9 Å². The summed E-state index contributed by atoms with van der Waals surface area (Å²) >= 11 is 0. The standard InChI is InChI=1S/C7H15N3O/c1-5(7(8)9-11)10(2)6-3-4-6/h5-6,11H,3-4H2,1-2H3,(H2,8,9). The van der Waals surface area contributed by atoms with Crippen molar-refractivity contribution in [1.82, 2.24) is 4.90 Å². The minimum atomic E-state index is 0.0486. The molecule has 0 radical (unpaired) electrons. The van der Waals surface area contributed by atoms with Crippen LogP contribution in [0.3, 0.4) is 0 Å². The number of nitrogens with two attached hydrogens (primary N) is 1. The predicted octanol–water partition coefficient (Wildman–Crippen LogP) is 0.215. The second-order valence-electron chi connectivity index (χ2n) is 3.10. The summed E-state index contributed by atoms with van der Waals surface area (Å²) in [4.78, 5) is 2.13. The Kier molecular flexibility index (Phi) is 2.34. The van der Waals surface area contributed by atoms with Gasteiger partial charge in [0, 0.05) is 6.04 Å². The molecule has 3 N–H and O–H groups in total. The van der Waals surface area contributed by atoms with Crippen molar-refractivity contribution in [1.29, 1.82) is 0 Å². The average molecular weight is 157 g/mol. The van der Waals surface area contributed by atoms with E-state index in [4.69, 9.17) is 10.9 Å². The van der Waals surface area contributed by atoms with Gasteiger partial charge in [-0.05, 0) is 26.8 Å². The minimum absolute atomic E-state index is 0.0486. The van der Waals surface area contributed by atoms with Crippen molar-refractivity contribution in [2.45, 2.75) is 31.8 Å². The van der Waals surface area contributed by atoms with Gasteiger partial charge in [0.15, 0.2) is 5.84 Å². The SMILES string of the molecule is CC(/C(N)=N/O)N(C)C1CC1. The lowest BCUT2D eigenvalue weighted by molar-refractivity contribution is 0.278. The molecule has 1 fully saturated rings. The fourth-order valence-electron chi connectivity index (χ4n) is 1.09. The molecule has 0 amide bonds. The van der Waals surface area contributed by atoms with Gasteiger partial charge in [-0.3, -0.25) is 4.90 Å². The number of hydrogen-bond acceptors (Lipinski definition) is 3. The van der Waals surface area contributed by atoms with Crippen molar-refractivity contribution >= 4 is 5.84 Å². The summed E-state index contributed by atoms with van der Waals surface area (Å²) in [6.45, 7) is 1.94. The first-order chi connectivity index (χ1) is 5.16. The van der Waals surface area contributed by atoms with Crippen LogP contribution in [0.5, 0.6) is 0 Å². The van der Waals surface area contributed by atoms with Gasteiger partial charge in [0.1, 0.15) is 0 Å². The van der Waals surface area contributed by atoms with E-state index in [1.807, 2.05) is 14.0 Å². The highest BCUT2D eigenvalue weighted by Gasteiger charge is 2.30. The molecule has 4 nitrogen and oxygen atoms in total. The summed E-state index contributed by atoms with van der Waals surface area (Å²) in [6, 6.07) is 0.692. The molecule has 0 aromatic heterocycles. The first-order valence-electron chi connectivity index (χ1n) is 3.86. The number of oxime groups is 1. The van der Waals surface area contributed by atoms with Gasteiger partial charge in [0.05, 0.1) is 6.04 Å². The number of hydrogen-bond donors (Lipinski definition) is 2. The average Bonchev–Trinajstić information content (AvgIpc) is 2.82. The van der Waals surface area contributed by atoms with E-state index < -0.39 is 0 Å². The van der Waals surface area contributed by atoms with Gasteiger partial charge < -0.3 is 10.9 Å². The van der Waals surface area contributed by atoms with Gasteiger partial charge in [-0.2, -0.15) is 0 Å². The van der Waals surface area contributed by atoms with Crippen molar-refractivity contribution in [2.75, 3.05) is 7.05 Å².